The van der Waals surface area contributed by atoms with Gasteiger partial charge in [-0.1, -0.05) is 44.2 Å². The molecule has 3 aromatic rings. The third-order valence-electron chi connectivity index (χ3n) is 5.23. The summed E-state index contributed by atoms with van der Waals surface area (Å²) < 4.78 is 47.2. The molecule has 0 aliphatic carbocycles. The molecule has 1 amide bonds. The first kappa shape index (κ1) is 24.2. The topological polar surface area (TPSA) is 85.2 Å². The van der Waals surface area contributed by atoms with Crippen LogP contribution in [0.1, 0.15) is 41.5 Å². The fourth-order valence-corrected chi connectivity index (χ4v) is 3.58. The molecule has 11 heteroatoms. The van der Waals surface area contributed by atoms with E-state index < -0.39 is 23.3 Å². The Labute approximate surface area is 189 Å². The van der Waals surface area contributed by atoms with Crippen LogP contribution in [-0.2, 0) is 6.18 Å². The van der Waals surface area contributed by atoms with E-state index in [4.69, 9.17) is 4.74 Å². The third kappa shape index (κ3) is 5.48. The van der Waals surface area contributed by atoms with Crippen LogP contribution in [0.2, 0.25) is 0 Å². The molecule has 1 N–H and O–H groups in total. The first-order valence-corrected chi connectivity index (χ1v) is 10.4. The number of benzene rings is 1. The Kier molecular flexibility index (Phi) is 7.64. The Hall–Kier alpha value is -3.47. The Bertz CT molecular complexity index is 1050. The number of likely N-dealkylation sites (N-methyl/N-ethyl adjacent to an activating group) is 1. The molecule has 176 valence electrons. The van der Waals surface area contributed by atoms with Crippen LogP contribution < -0.4 is 10.1 Å². The largest absolute Gasteiger partial charge is 0.480 e. The van der Waals surface area contributed by atoms with Gasteiger partial charge in [-0.15, -0.1) is 10.2 Å². The minimum atomic E-state index is -4.84. The molecule has 0 fully saturated rings. The van der Waals surface area contributed by atoms with Gasteiger partial charge in [0.2, 0.25) is 5.88 Å². The minimum absolute atomic E-state index is 0.134. The number of amides is 1. The number of hydrogen-bond donors (Lipinski definition) is 1. The van der Waals surface area contributed by atoms with Crippen molar-refractivity contribution in [3.63, 3.8) is 0 Å². The molecule has 0 bridgehead atoms. The van der Waals surface area contributed by atoms with Gasteiger partial charge in [0, 0.05) is 12.6 Å². The average molecular weight is 462 g/mol. The Balaban J connectivity index is 1.89. The fraction of sp³-hybridized carbons (Fsp3) is 0.364. The number of hydrogen-bond acceptors (Lipinski definition) is 6. The molecule has 0 radical (unpaired) electrons. The Morgan fingerprint density at radius 2 is 1.82 bits per heavy atom. The van der Waals surface area contributed by atoms with Crippen molar-refractivity contribution in [3.8, 4) is 11.7 Å². The molecule has 0 saturated heterocycles. The van der Waals surface area contributed by atoms with Gasteiger partial charge in [-0.25, -0.2) is 4.68 Å². The molecule has 2 aromatic heterocycles. The van der Waals surface area contributed by atoms with E-state index in [0.29, 0.717) is 17.8 Å². The molecule has 0 aliphatic heterocycles. The van der Waals surface area contributed by atoms with E-state index in [0.717, 1.165) is 11.8 Å². The predicted octanol–water partition coefficient (Wildman–Crippen LogP) is 3.50. The lowest BCUT2D eigenvalue weighted by Crippen LogP contribution is -2.38. The van der Waals surface area contributed by atoms with Crippen molar-refractivity contribution in [1.29, 1.82) is 0 Å². The fourth-order valence-electron chi connectivity index (χ4n) is 3.58. The number of methoxy groups -OCH3 is 1. The zero-order valence-electron chi connectivity index (χ0n) is 18.5. The maximum absolute atomic E-state index is 13.9. The van der Waals surface area contributed by atoms with Crippen molar-refractivity contribution in [2.24, 2.45) is 0 Å². The molecule has 0 saturated carbocycles. The summed E-state index contributed by atoms with van der Waals surface area (Å²) in [7, 11) is 1.36. The summed E-state index contributed by atoms with van der Waals surface area (Å²) in [5.41, 5.74) is -0.855. The lowest BCUT2D eigenvalue weighted by atomic mass is 10.0. The Morgan fingerprint density at radius 1 is 1.12 bits per heavy atom. The molecule has 3 rings (SSSR count). The van der Waals surface area contributed by atoms with Gasteiger partial charge < -0.3 is 10.1 Å². The summed E-state index contributed by atoms with van der Waals surface area (Å²) in [6, 6.07) is 12.0. The smallest absolute Gasteiger partial charge is 0.434 e. The van der Waals surface area contributed by atoms with E-state index in [-0.39, 0.29) is 24.3 Å². The van der Waals surface area contributed by atoms with E-state index in [1.807, 2.05) is 44.2 Å². The quantitative estimate of drug-likeness (QED) is 0.524. The summed E-state index contributed by atoms with van der Waals surface area (Å²) in [5.74, 6) is -0.920. The van der Waals surface area contributed by atoms with Crippen LogP contribution in [0.25, 0.3) is 5.82 Å². The van der Waals surface area contributed by atoms with E-state index in [1.165, 1.54) is 19.2 Å². The second kappa shape index (κ2) is 10.4. The normalized spacial score (nSPS) is 12.6. The van der Waals surface area contributed by atoms with Gasteiger partial charge in [-0.2, -0.15) is 18.3 Å². The molecule has 33 heavy (non-hydrogen) atoms. The van der Waals surface area contributed by atoms with Crippen LogP contribution >= 0.6 is 0 Å². The predicted molar refractivity (Wildman–Crippen MR) is 115 cm³/mol. The SMILES string of the molecule is CCN(CC)C(CNC(=O)c1cnn(-c2ccc(OC)nn2)c1C(F)(F)F)c1ccccc1. The summed E-state index contributed by atoms with van der Waals surface area (Å²) in [5, 5.41) is 13.8. The third-order valence-corrected chi connectivity index (χ3v) is 5.23. The van der Waals surface area contributed by atoms with E-state index >= 15 is 0 Å². The summed E-state index contributed by atoms with van der Waals surface area (Å²) >= 11 is 0. The van der Waals surface area contributed by atoms with Crippen LogP contribution in [0, 0.1) is 0 Å². The highest BCUT2D eigenvalue weighted by Gasteiger charge is 2.41. The first-order valence-electron chi connectivity index (χ1n) is 10.4. The number of nitrogens with one attached hydrogen (secondary N) is 1. The lowest BCUT2D eigenvalue weighted by Gasteiger charge is -2.30. The van der Waals surface area contributed by atoms with Crippen LogP contribution in [-0.4, -0.2) is 57.5 Å². The van der Waals surface area contributed by atoms with Crippen LogP contribution in [0.15, 0.2) is 48.7 Å². The molecular weight excluding hydrogens is 437 g/mol. The number of rotatable bonds is 9. The van der Waals surface area contributed by atoms with Crippen molar-refractivity contribution in [1.82, 2.24) is 30.2 Å². The number of aromatic nitrogens is 4. The summed E-state index contributed by atoms with van der Waals surface area (Å²) in [6.45, 7) is 5.54. The van der Waals surface area contributed by atoms with Gasteiger partial charge in [0.15, 0.2) is 11.5 Å². The molecule has 0 spiro atoms. The second-order valence-corrected chi connectivity index (χ2v) is 7.11. The monoisotopic (exact) mass is 462 g/mol. The van der Waals surface area contributed by atoms with Crippen molar-refractivity contribution < 1.29 is 22.7 Å². The summed E-state index contributed by atoms with van der Waals surface area (Å²) in [4.78, 5) is 15.0. The first-order chi connectivity index (χ1) is 15.8. The van der Waals surface area contributed by atoms with E-state index in [1.54, 1.807) is 0 Å². The van der Waals surface area contributed by atoms with Gasteiger partial charge in [-0.05, 0) is 24.7 Å². The van der Waals surface area contributed by atoms with Gasteiger partial charge in [0.1, 0.15) is 0 Å². The van der Waals surface area contributed by atoms with Crippen molar-refractivity contribution in [2.75, 3.05) is 26.7 Å². The van der Waals surface area contributed by atoms with Crippen molar-refractivity contribution in [2.45, 2.75) is 26.1 Å². The number of carbonyl (C=O) groups excluding carboxylic acids is 1. The van der Waals surface area contributed by atoms with Crippen LogP contribution in [0.4, 0.5) is 13.2 Å². The van der Waals surface area contributed by atoms with E-state index in [2.05, 4.69) is 25.5 Å². The average Bonchev–Trinajstić information content (AvgIpc) is 3.28. The van der Waals surface area contributed by atoms with Gasteiger partial charge in [0.25, 0.3) is 5.91 Å². The maximum atomic E-state index is 13.9. The van der Waals surface area contributed by atoms with Gasteiger partial charge in [-0.3, -0.25) is 9.69 Å². The highest BCUT2D eigenvalue weighted by atomic mass is 19.4. The number of carbonyl (C=O) groups is 1. The number of halogens is 3. The van der Waals surface area contributed by atoms with E-state index in [9.17, 15) is 18.0 Å². The highest BCUT2D eigenvalue weighted by Crippen LogP contribution is 2.33. The zero-order valence-corrected chi connectivity index (χ0v) is 18.5. The molecule has 8 nitrogen and oxygen atoms in total. The molecule has 1 atom stereocenters. The maximum Gasteiger partial charge on any atom is 0.434 e. The van der Waals surface area contributed by atoms with Gasteiger partial charge >= 0.3 is 6.18 Å². The molecule has 1 aromatic carbocycles. The number of nitrogens with zero attached hydrogens (tertiary/aromatic N) is 5. The lowest BCUT2D eigenvalue weighted by molar-refractivity contribution is -0.143. The number of ether oxygens (including phenoxy) is 1. The van der Waals surface area contributed by atoms with Crippen LogP contribution in [0.3, 0.4) is 0 Å². The van der Waals surface area contributed by atoms with Crippen molar-refractivity contribution in [3.05, 3.63) is 65.5 Å². The minimum Gasteiger partial charge on any atom is -0.480 e. The molecule has 2 heterocycles. The highest BCUT2D eigenvalue weighted by molar-refractivity contribution is 5.95. The van der Waals surface area contributed by atoms with Gasteiger partial charge in [0.05, 0.1) is 24.9 Å². The van der Waals surface area contributed by atoms with Crippen LogP contribution in [0.5, 0.6) is 5.88 Å². The standard InChI is InChI=1S/C22H25F3N6O2/c1-4-30(5-2)17(15-9-7-6-8-10-15)14-26-21(32)16-13-27-31(20(16)22(23,24)25)18-11-12-19(33-3)29-28-18/h6-13,17H,4-5,14H2,1-3H3,(H,26,32). The molecular formula is C22H25F3N6O2. The Morgan fingerprint density at radius 3 is 2.36 bits per heavy atom. The number of alkyl halides is 3. The van der Waals surface area contributed by atoms with Crippen molar-refractivity contribution >= 4 is 5.91 Å². The summed E-state index contributed by atoms with van der Waals surface area (Å²) in [6.07, 6.45) is -3.96. The second-order valence-electron chi connectivity index (χ2n) is 7.11. The molecule has 0 aliphatic rings. The molecule has 1 unspecified atom stereocenters. The zero-order chi connectivity index (χ0) is 24.0.